The van der Waals surface area contributed by atoms with Gasteiger partial charge in [-0.25, -0.2) is 0 Å². The van der Waals surface area contributed by atoms with E-state index in [0.29, 0.717) is 23.8 Å². The largest absolute Gasteiger partial charge is 0.341 e. The molecule has 0 N–H and O–H groups in total. The van der Waals surface area contributed by atoms with E-state index in [-0.39, 0.29) is 5.91 Å². The maximum Gasteiger partial charge on any atom is 0.254 e. The molecule has 3 aliphatic rings. The quantitative estimate of drug-likeness (QED) is 0.558. The summed E-state index contributed by atoms with van der Waals surface area (Å²) < 4.78 is 0. The fraction of sp³-hybridized carbons (Fsp3) is 0.778. The van der Waals surface area contributed by atoms with Crippen molar-refractivity contribution in [1.82, 2.24) is 14.7 Å². The van der Waals surface area contributed by atoms with Crippen molar-refractivity contribution >= 4 is 23.2 Å². The lowest BCUT2D eigenvalue weighted by Crippen LogP contribution is -2.57. The molecule has 0 bridgehead atoms. The van der Waals surface area contributed by atoms with E-state index in [1.165, 1.54) is 11.3 Å². The molecule has 0 saturated carbocycles. The second kappa shape index (κ2) is 10.5. The van der Waals surface area contributed by atoms with Crippen LogP contribution in [-0.4, -0.2) is 70.8 Å². The van der Waals surface area contributed by atoms with E-state index in [1.807, 2.05) is 0 Å². The topological polar surface area (TPSA) is 43.9 Å². The van der Waals surface area contributed by atoms with Crippen molar-refractivity contribution in [1.29, 1.82) is 0 Å². The number of carbonyl (C=O) groups excluding carboxylic acids is 2. The van der Waals surface area contributed by atoms with Gasteiger partial charge in [-0.2, -0.15) is 0 Å². The molecular formula is C27H43N3O2S. The zero-order valence-electron chi connectivity index (χ0n) is 21.1. The number of thiophene rings is 1. The van der Waals surface area contributed by atoms with Crippen LogP contribution in [0.4, 0.5) is 0 Å². The van der Waals surface area contributed by atoms with Gasteiger partial charge in [0.05, 0.1) is 11.1 Å². The van der Waals surface area contributed by atoms with Crippen LogP contribution in [0.1, 0.15) is 100 Å². The molecule has 5 nitrogen and oxygen atoms in total. The maximum absolute atomic E-state index is 13.4. The van der Waals surface area contributed by atoms with Crippen LogP contribution in [0, 0.1) is 5.92 Å². The van der Waals surface area contributed by atoms with Gasteiger partial charge >= 0.3 is 0 Å². The predicted octanol–water partition coefficient (Wildman–Crippen LogP) is 5.37. The molecule has 0 spiro atoms. The fourth-order valence-corrected chi connectivity index (χ4v) is 7.30. The molecule has 3 fully saturated rings. The monoisotopic (exact) mass is 473 g/mol. The minimum Gasteiger partial charge on any atom is -0.341 e. The van der Waals surface area contributed by atoms with Crippen LogP contribution >= 0.6 is 11.3 Å². The van der Waals surface area contributed by atoms with Crippen molar-refractivity contribution < 1.29 is 9.59 Å². The van der Waals surface area contributed by atoms with E-state index in [4.69, 9.17) is 0 Å². The first-order valence-corrected chi connectivity index (χ1v) is 14.1. The number of carbonyl (C=O) groups is 2. The highest BCUT2D eigenvalue weighted by atomic mass is 32.1. The van der Waals surface area contributed by atoms with E-state index in [2.05, 4.69) is 53.8 Å². The molecular weight excluding hydrogens is 430 g/mol. The minimum absolute atomic E-state index is 0.234. The molecule has 1 aromatic heterocycles. The van der Waals surface area contributed by atoms with Crippen LogP contribution in [0.3, 0.4) is 0 Å². The fourth-order valence-electron chi connectivity index (χ4n) is 6.25. The lowest BCUT2D eigenvalue weighted by atomic mass is 9.87. The van der Waals surface area contributed by atoms with Gasteiger partial charge in [0.15, 0.2) is 0 Å². The second-order valence-electron chi connectivity index (χ2n) is 11.0. The molecule has 3 saturated heterocycles. The number of hydrogen-bond acceptors (Lipinski definition) is 4. The predicted molar refractivity (Wildman–Crippen MR) is 136 cm³/mol. The van der Waals surface area contributed by atoms with Crippen molar-refractivity contribution in [3.63, 3.8) is 0 Å². The molecule has 0 aromatic carbocycles. The highest BCUT2D eigenvalue weighted by Crippen LogP contribution is 2.36. The van der Waals surface area contributed by atoms with Gasteiger partial charge in [-0.05, 0) is 89.8 Å². The van der Waals surface area contributed by atoms with Gasteiger partial charge in [0.2, 0.25) is 5.91 Å². The molecule has 0 aliphatic carbocycles. The van der Waals surface area contributed by atoms with E-state index in [9.17, 15) is 9.59 Å². The summed E-state index contributed by atoms with van der Waals surface area (Å²) in [5.41, 5.74) is 0.461. The number of hydrogen-bond donors (Lipinski definition) is 0. The van der Waals surface area contributed by atoms with Crippen molar-refractivity contribution in [2.75, 3.05) is 32.7 Å². The summed E-state index contributed by atoms with van der Waals surface area (Å²) in [5.74, 6) is 1.62. The molecule has 2 unspecified atom stereocenters. The Labute approximate surface area is 204 Å². The van der Waals surface area contributed by atoms with Crippen LogP contribution < -0.4 is 0 Å². The van der Waals surface area contributed by atoms with Gasteiger partial charge in [-0.15, -0.1) is 11.3 Å². The Morgan fingerprint density at radius 2 is 1.73 bits per heavy atom. The van der Waals surface area contributed by atoms with Gasteiger partial charge in [0.1, 0.15) is 0 Å². The average Bonchev–Trinajstić information content (AvgIpc) is 3.52. The molecule has 2 atom stereocenters. The minimum atomic E-state index is -0.425. The van der Waals surface area contributed by atoms with Crippen molar-refractivity contribution in [2.45, 2.75) is 96.6 Å². The lowest BCUT2D eigenvalue weighted by molar-refractivity contribution is -0.142. The third-order valence-electron chi connectivity index (χ3n) is 8.43. The first-order valence-electron chi connectivity index (χ1n) is 13.3. The molecule has 3 aliphatic heterocycles. The Hall–Kier alpha value is -1.40. The van der Waals surface area contributed by atoms with Crippen molar-refractivity contribution in [2.24, 2.45) is 5.92 Å². The molecule has 4 rings (SSSR count). The third-order valence-corrected chi connectivity index (χ3v) is 9.53. The number of rotatable bonds is 6. The van der Waals surface area contributed by atoms with E-state index in [1.54, 1.807) is 11.3 Å². The Kier molecular flexibility index (Phi) is 7.84. The normalized spacial score (nSPS) is 25.6. The van der Waals surface area contributed by atoms with E-state index < -0.39 is 5.54 Å². The molecule has 184 valence electrons. The molecule has 6 heteroatoms. The van der Waals surface area contributed by atoms with Crippen LogP contribution in [0.25, 0.3) is 0 Å². The Morgan fingerprint density at radius 3 is 2.39 bits per heavy atom. The van der Waals surface area contributed by atoms with Crippen LogP contribution in [0.2, 0.25) is 0 Å². The standard InChI is InChI=1S/C27H43N3O2S/c1-5-9-23-20(2)10-8-15-30(23)25(31)22-18-24(33-19-22)21-11-16-29(17-12-21)27(3,4)26(32)28-13-6-7-14-28/h18-21,23H,5-17H2,1-4H3. The number of piperidine rings is 2. The Balaban J connectivity index is 1.37. The molecule has 33 heavy (non-hydrogen) atoms. The van der Waals surface area contributed by atoms with Crippen LogP contribution in [0.5, 0.6) is 0 Å². The van der Waals surface area contributed by atoms with Crippen molar-refractivity contribution in [3.8, 4) is 0 Å². The molecule has 2 amide bonds. The Bertz CT molecular complexity index is 821. The van der Waals surface area contributed by atoms with Gasteiger partial charge in [-0.1, -0.05) is 20.3 Å². The molecule has 0 radical (unpaired) electrons. The summed E-state index contributed by atoms with van der Waals surface area (Å²) in [6.07, 6.45) is 8.98. The maximum atomic E-state index is 13.4. The smallest absolute Gasteiger partial charge is 0.254 e. The summed E-state index contributed by atoms with van der Waals surface area (Å²) in [6.45, 7) is 13.4. The van der Waals surface area contributed by atoms with E-state index >= 15 is 0 Å². The second-order valence-corrected chi connectivity index (χ2v) is 12.0. The molecule has 4 heterocycles. The summed E-state index contributed by atoms with van der Waals surface area (Å²) in [7, 11) is 0. The van der Waals surface area contributed by atoms with Crippen LogP contribution in [-0.2, 0) is 4.79 Å². The zero-order valence-corrected chi connectivity index (χ0v) is 22.0. The first kappa shape index (κ1) is 24.7. The third kappa shape index (κ3) is 5.17. The summed E-state index contributed by atoms with van der Waals surface area (Å²) >= 11 is 1.76. The summed E-state index contributed by atoms with van der Waals surface area (Å²) in [5, 5.41) is 2.09. The Morgan fingerprint density at radius 1 is 1.03 bits per heavy atom. The number of likely N-dealkylation sites (tertiary alicyclic amines) is 3. The van der Waals surface area contributed by atoms with Gasteiger partial charge in [0.25, 0.3) is 5.91 Å². The average molecular weight is 474 g/mol. The SMILES string of the molecule is CCCC1C(C)CCCN1C(=O)c1csc(C2CCN(C(C)(C)C(=O)N3CCCC3)CC2)c1. The highest BCUT2D eigenvalue weighted by Gasteiger charge is 2.40. The van der Waals surface area contributed by atoms with Gasteiger partial charge in [-0.3, -0.25) is 14.5 Å². The van der Waals surface area contributed by atoms with Gasteiger partial charge < -0.3 is 9.80 Å². The van der Waals surface area contributed by atoms with Gasteiger partial charge in [0, 0.05) is 35.9 Å². The highest BCUT2D eigenvalue weighted by molar-refractivity contribution is 7.10. The number of nitrogens with zero attached hydrogens (tertiary/aromatic N) is 3. The van der Waals surface area contributed by atoms with Crippen LogP contribution in [0.15, 0.2) is 11.4 Å². The first-order chi connectivity index (χ1) is 15.8. The summed E-state index contributed by atoms with van der Waals surface area (Å²) in [6, 6.07) is 2.56. The summed E-state index contributed by atoms with van der Waals surface area (Å²) in [4.78, 5) is 34.4. The molecule has 1 aromatic rings. The zero-order chi connectivity index (χ0) is 23.6. The van der Waals surface area contributed by atoms with E-state index in [0.717, 1.165) is 83.2 Å². The lowest BCUT2D eigenvalue weighted by Gasteiger charge is -2.43. The number of amides is 2. The van der Waals surface area contributed by atoms with Crippen molar-refractivity contribution in [3.05, 3.63) is 21.9 Å².